The van der Waals surface area contributed by atoms with Gasteiger partial charge in [-0.05, 0) is 37.6 Å². The van der Waals surface area contributed by atoms with Gasteiger partial charge in [-0.2, -0.15) is 0 Å². The van der Waals surface area contributed by atoms with Crippen LogP contribution in [-0.2, 0) is 0 Å². The van der Waals surface area contributed by atoms with E-state index in [1.54, 1.807) is 0 Å². The summed E-state index contributed by atoms with van der Waals surface area (Å²) in [4.78, 5) is 13.8. The zero-order valence-electron chi connectivity index (χ0n) is 11.4. The molecule has 1 aromatic carbocycles. The summed E-state index contributed by atoms with van der Waals surface area (Å²) in [6.07, 6.45) is 1.84. The molecular weight excluding hydrogens is 238 g/mol. The van der Waals surface area contributed by atoms with E-state index in [0.29, 0.717) is 10.6 Å². The number of hydrogen-bond acceptors (Lipinski definition) is 2. The van der Waals surface area contributed by atoms with Gasteiger partial charge in [-0.15, -0.1) is 0 Å². The van der Waals surface area contributed by atoms with Gasteiger partial charge in [0.1, 0.15) is 0 Å². The fourth-order valence-corrected chi connectivity index (χ4v) is 2.09. The van der Waals surface area contributed by atoms with E-state index in [0.717, 1.165) is 18.7 Å². The Balaban J connectivity index is 2.37. The van der Waals surface area contributed by atoms with Gasteiger partial charge in [0, 0.05) is 18.8 Å². The molecule has 0 atom stereocenters. The van der Waals surface area contributed by atoms with Crippen molar-refractivity contribution in [1.82, 2.24) is 10.2 Å². The smallest absolute Gasteiger partial charge is 0.271 e. The number of anilines is 1. The maximum atomic E-state index is 11.5. The largest absolute Gasteiger partial charge is 0.372 e. The SMILES string of the molecule is C=c1[nH][nH]c(=O)c1=Cc1ccc(N(CC)CC)cc1. The summed E-state index contributed by atoms with van der Waals surface area (Å²) >= 11 is 0. The van der Waals surface area contributed by atoms with Gasteiger partial charge in [0.05, 0.1) is 10.6 Å². The molecule has 2 N–H and O–H groups in total. The molecule has 2 rings (SSSR count). The highest BCUT2D eigenvalue weighted by Crippen LogP contribution is 2.14. The lowest BCUT2D eigenvalue weighted by Crippen LogP contribution is -2.32. The Morgan fingerprint density at radius 1 is 1.16 bits per heavy atom. The van der Waals surface area contributed by atoms with Crippen molar-refractivity contribution in [3.63, 3.8) is 0 Å². The van der Waals surface area contributed by atoms with Gasteiger partial charge >= 0.3 is 0 Å². The number of rotatable bonds is 4. The summed E-state index contributed by atoms with van der Waals surface area (Å²) in [5.74, 6) is 0. The second-order valence-electron chi connectivity index (χ2n) is 4.38. The van der Waals surface area contributed by atoms with Gasteiger partial charge in [-0.25, -0.2) is 0 Å². The van der Waals surface area contributed by atoms with Crippen molar-refractivity contribution >= 4 is 18.3 Å². The van der Waals surface area contributed by atoms with Crippen molar-refractivity contribution in [2.24, 2.45) is 0 Å². The Bertz CT molecular complexity index is 660. The average molecular weight is 257 g/mol. The molecule has 4 nitrogen and oxygen atoms in total. The third-order valence-electron chi connectivity index (χ3n) is 3.23. The van der Waals surface area contributed by atoms with E-state index in [1.807, 2.05) is 18.2 Å². The van der Waals surface area contributed by atoms with E-state index in [4.69, 9.17) is 0 Å². The lowest BCUT2D eigenvalue weighted by molar-refractivity contribution is 0.866. The second-order valence-corrected chi connectivity index (χ2v) is 4.38. The van der Waals surface area contributed by atoms with Crippen LogP contribution in [0.3, 0.4) is 0 Å². The van der Waals surface area contributed by atoms with Crippen LogP contribution in [0.5, 0.6) is 0 Å². The van der Waals surface area contributed by atoms with Crippen LogP contribution in [0, 0.1) is 0 Å². The molecular formula is C15H19N3O. The van der Waals surface area contributed by atoms with Crippen LogP contribution in [0.15, 0.2) is 29.1 Å². The predicted octanol–water partition coefficient (Wildman–Crippen LogP) is 0.788. The van der Waals surface area contributed by atoms with Crippen LogP contribution in [0.25, 0.3) is 12.7 Å². The Labute approximate surface area is 112 Å². The Hall–Kier alpha value is -2.23. The van der Waals surface area contributed by atoms with E-state index in [2.05, 4.69) is 47.7 Å². The number of nitrogens with one attached hydrogen (secondary N) is 2. The summed E-state index contributed by atoms with van der Waals surface area (Å²) in [6, 6.07) is 8.17. The highest BCUT2D eigenvalue weighted by Gasteiger charge is 2.00. The lowest BCUT2D eigenvalue weighted by Gasteiger charge is -2.20. The van der Waals surface area contributed by atoms with Crippen molar-refractivity contribution in [1.29, 1.82) is 0 Å². The van der Waals surface area contributed by atoms with Crippen molar-refractivity contribution in [3.05, 3.63) is 50.8 Å². The van der Waals surface area contributed by atoms with Crippen LogP contribution in [0.4, 0.5) is 5.69 Å². The number of aromatic amines is 2. The summed E-state index contributed by atoms with van der Waals surface area (Å²) in [5.41, 5.74) is 2.05. The first-order chi connectivity index (χ1) is 9.15. The molecule has 100 valence electrons. The van der Waals surface area contributed by atoms with Gasteiger partial charge in [-0.1, -0.05) is 18.7 Å². The zero-order valence-corrected chi connectivity index (χ0v) is 11.4. The maximum absolute atomic E-state index is 11.5. The third-order valence-corrected chi connectivity index (χ3v) is 3.23. The third kappa shape index (κ3) is 2.78. The van der Waals surface area contributed by atoms with Gasteiger partial charge in [0.2, 0.25) is 0 Å². The van der Waals surface area contributed by atoms with Crippen LogP contribution in [-0.4, -0.2) is 23.3 Å². The molecule has 2 aromatic rings. The van der Waals surface area contributed by atoms with E-state index in [-0.39, 0.29) is 5.56 Å². The van der Waals surface area contributed by atoms with E-state index < -0.39 is 0 Å². The van der Waals surface area contributed by atoms with E-state index >= 15 is 0 Å². The molecule has 0 fully saturated rings. The predicted molar refractivity (Wildman–Crippen MR) is 79.8 cm³/mol. The normalized spacial score (nSPS) is 11.8. The Kier molecular flexibility index (Phi) is 3.90. The Morgan fingerprint density at radius 2 is 1.79 bits per heavy atom. The van der Waals surface area contributed by atoms with Gasteiger partial charge in [0.15, 0.2) is 0 Å². The summed E-state index contributed by atoms with van der Waals surface area (Å²) in [7, 11) is 0. The lowest BCUT2D eigenvalue weighted by atomic mass is 10.1. The topological polar surface area (TPSA) is 51.9 Å². The summed E-state index contributed by atoms with van der Waals surface area (Å²) < 4.78 is 0. The maximum Gasteiger partial charge on any atom is 0.271 e. The molecule has 0 spiro atoms. The highest BCUT2D eigenvalue weighted by atomic mass is 16.1. The van der Waals surface area contributed by atoms with Crippen LogP contribution in [0.1, 0.15) is 19.4 Å². The van der Waals surface area contributed by atoms with Crippen molar-refractivity contribution < 1.29 is 0 Å². The molecule has 19 heavy (non-hydrogen) atoms. The van der Waals surface area contributed by atoms with Crippen LogP contribution < -0.4 is 21.0 Å². The zero-order chi connectivity index (χ0) is 13.8. The van der Waals surface area contributed by atoms with Gasteiger partial charge in [-0.3, -0.25) is 15.0 Å². The van der Waals surface area contributed by atoms with Gasteiger partial charge < -0.3 is 4.90 Å². The van der Waals surface area contributed by atoms with Crippen molar-refractivity contribution in [2.45, 2.75) is 13.8 Å². The number of benzene rings is 1. The standard InChI is InChI=1S/C15H19N3O/c1-4-18(5-2)13-8-6-12(7-9-13)10-14-11(3)16-17-15(14)19/h6-10,16H,3-5H2,1-2H3,(H,17,19). The number of hydrogen-bond donors (Lipinski definition) is 2. The highest BCUT2D eigenvalue weighted by molar-refractivity contribution is 5.55. The fraction of sp³-hybridized carbons (Fsp3) is 0.267. The molecule has 1 aromatic heterocycles. The first-order valence-electron chi connectivity index (χ1n) is 6.48. The minimum Gasteiger partial charge on any atom is -0.372 e. The molecule has 0 aliphatic heterocycles. The summed E-state index contributed by atoms with van der Waals surface area (Å²) in [5, 5.41) is 6.43. The minimum absolute atomic E-state index is 0.141. The molecule has 0 aliphatic carbocycles. The summed E-state index contributed by atoms with van der Waals surface area (Å²) in [6.45, 7) is 10.0. The molecule has 0 amide bonds. The van der Waals surface area contributed by atoms with Crippen LogP contribution in [0.2, 0.25) is 0 Å². The number of H-pyrrole nitrogens is 2. The number of nitrogens with zero attached hydrogens (tertiary/aromatic N) is 1. The van der Waals surface area contributed by atoms with Crippen LogP contribution >= 0.6 is 0 Å². The molecule has 0 saturated carbocycles. The van der Waals surface area contributed by atoms with Crippen molar-refractivity contribution in [3.8, 4) is 0 Å². The van der Waals surface area contributed by atoms with E-state index in [1.165, 1.54) is 5.69 Å². The molecule has 4 heteroatoms. The van der Waals surface area contributed by atoms with Gasteiger partial charge in [0.25, 0.3) is 5.56 Å². The van der Waals surface area contributed by atoms with Crippen molar-refractivity contribution in [2.75, 3.05) is 18.0 Å². The molecule has 0 radical (unpaired) electrons. The number of aromatic nitrogens is 2. The molecule has 0 aliphatic rings. The molecule has 1 heterocycles. The van der Waals surface area contributed by atoms with E-state index in [9.17, 15) is 4.79 Å². The Morgan fingerprint density at radius 3 is 2.26 bits per heavy atom. The molecule has 0 bridgehead atoms. The molecule has 0 saturated heterocycles. The quantitative estimate of drug-likeness (QED) is 0.851. The fourth-order valence-electron chi connectivity index (χ4n) is 2.09. The molecule has 0 unspecified atom stereocenters. The average Bonchev–Trinajstić information content (AvgIpc) is 2.74. The first kappa shape index (κ1) is 13.2. The minimum atomic E-state index is -0.141. The second kappa shape index (κ2) is 5.61. The monoisotopic (exact) mass is 257 g/mol. The first-order valence-corrected chi connectivity index (χ1v) is 6.48.